The second kappa shape index (κ2) is 6.22. The van der Waals surface area contributed by atoms with E-state index in [1.54, 1.807) is 20.8 Å². The molecule has 2 atom stereocenters. The monoisotopic (exact) mass is 333 g/mol. The van der Waals surface area contributed by atoms with Gasteiger partial charge in [-0.2, -0.15) is 0 Å². The molecule has 6 nitrogen and oxygen atoms in total. The summed E-state index contributed by atoms with van der Waals surface area (Å²) in [5, 5.41) is 0. The Kier molecular flexibility index (Phi) is 4.84. The van der Waals surface area contributed by atoms with Crippen LogP contribution in [-0.4, -0.2) is 65.5 Å². The number of hydrogen-bond donors (Lipinski definition) is 1. The van der Waals surface area contributed by atoms with Gasteiger partial charge >= 0.3 is 6.09 Å². The van der Waals surface area contributed by atoms with Crippen LogP contribution in [0.2, 0.25) is 0 Å². The summed E-state index contributed by atoms with van der Waals surface area (Å²) in [5.74, 6) is -3.52. The number of alkyl halides is 2. The fraction of sp³-hybridized carbons (Fsp3) is 0.867. The second-order valence-electron chi connectivity index (χ2n) is 7.47. The predicted octanol–water partition coefficient (Wildman–Crippen LogP) is 1.44. The van der Waals surface area contributed by atoms with Crippen molar-refractivity contribution in [1.82, 2.24) is 9.80 Å². The number of rotatable bonds is 3. The first-order valence-electron chi connectivity index (χ1n) is 7.86. The molecule has 0 aromatic carbocycles. The van der Waals surface area contributed by atoms with Crippen molar-refractivity contribution >= 4 is 12.0 Å². The summed E-state index contributed by atoms with van der Waals surface area (Å²) in [7, 11) is 0. The molecular formula is C15H25F2N3O3. The summed E-state index contributed by atoms with van der Waals surface area (Å²) in [6, 6.07) is -0.619. The zero-order valence-electron chi connectivity index (χ0n) is 13.8. The van der Waals surface area contributed by atoms with E-state index >= 15 is 0 Å². The normalized spacial score (nSPS) is 28.1. The van der Waals surface area contributed by atoms with E-state index < -0.39 is 30.2 Å². The van der Waals surface area contributed by atoms with Crippen molar-refractivity contribution in [3.05, 3.63) is 0 Å². The fourth-order valence-corrected chi connectivity index (χ4v) is 3.12. The lowest BCUT2D eigenvalue weighted by molar-refractivity contribution is -0.121. The van der Waals surface area contributed by atoms with Crippen LogP contribution in [0.3, 0.4) is 0 Å². The van der Waals surface area contributed by atoms with Gasteiger partial charge < -0.3 is 15.4 Å². The van der Waals surface area contributed by atoms with Gasteiger partial charge in [-0.25, -0.2) is 13.6 Å². The highest BCUT2D eigenvalue weighted by Gasteiger charge is 2.49. The number of carbonyl (C=O) groups excluding carboxylic acids is 2. The average molecular weight is 333 g/mol. The van der Waals surface area contributed by atoms with Crippen LogP contribution in [0.1, 0.15) is 33.6 Å². The van der Waals surface area contributed by atoms with Crippen molar-refractivity contribution in [2.75, 3.05) is 26.2 Å². The van der Waals surface area contributed by atoms with E-state index in [-0.39, 0.29) is 18.2 Å². The van der Waals surface area contributed by atoms with E-state index in [0.29, 0.717) is 26.1 Å². The number of likely N-dealkylation sites (tertiary alicyclic amines) is 2. The van der Waals surface area contributed by atoms with Crippen LogP contribution in [0.4, 0.5) is 13.6 Å². The molecule has 2 unspecified atom stereocenters. The largest absolute Gasteiger partial charge is 0.444 e. The van der Waals surface area contributed by atoms with Crippen LogP contribution in [0.15, 0.2) is 0 Å². The highest BCUT2D eigenvalue weighted by atomic mass is 19.3. The van der Waals surface area contributed by atoms with Gasteiger partial charge in [0, 0.05) is 19.5 Å². The number of nitrogens with zero attached hydrogens (tertiary/aromatic N) is 2. The van der Waals surface area contributed by atoms with Crippen molar-refractivity contribution in [2.24, 2.45) is 11.7 Å². The third kappa shape index (κ3) is 4.76. The first-order valence-corrected chi connectivity index (χ1v) is 7.86. The van der Waals surface area contributed by atoms with Crippen LogP contribution < -0.4 is 5.73 Å². The van der Waals surface area contributed by atoms with Gasteiger partial charge in [-0.1, -0.05) is 0 Å². The van der Waals surface area contributed by atoms with E-state index in [0.717, 1.165) is 4.90 Å². The molecule has 23 heavy (non-hydrogen) atoms. The Balaban J connectivity index is 2.00. The van der Waals surface area contributed by atoms with Crippen LogP contribution in [0.25, 0.3) is 0 Å². The summed E-state index contributed by atoms with van der Waals surface area (Å²) in [6.45, 7) is 5.86. The number of halogens is 2. The molecule has 0 aromatic heterocycles. The van der Waals surface area contributed by atoms with Gasteiger partial charge in [-0.15, -0.1) is 0 Å². The van der Waals surface area contributed by atoms with Gasteiger partial charge in [0.05, 0.1) is 18.5 Å². The predicted molar refractivity (Wildman–Crippen MR) is 80.0 cm³/mol. The first-order chi connectivity index (χ1) is 10.5. The molecule has 132 valence electrons. The Bertz CT molecular complexity index is 479. The molecule has 2 aliphatic heterocycles. The van der Waals surface area contributed by atoms with Crippen molar-refractivity contribution in [2.45, 2.75) is 51.2 Å². The SMILES string of the molecule is CC(C)(C)OC(=O)N1CC(F)(F)CC1CN1CCC(C(N)=O)C1. The van der Waals surface area contributed by atoms with E-state index in [4.69, 9.17) is 10.5 Å². The first kappa shape index (κ1) is 17.9. The molecule has 0 saturated carbocycles. The number of carbonyl (C=O) groups is 2. The van der Waals surface area contributed by atoms with Gasteiger partial charge in [0.15, 0.2) is 0 Å². The summed E-state index contributed by atoms with van der Waals surface area (Å²) in [5.41, 5.74) is 4.55. The van der Waals surface area contributed by atoms with Crippen LogP contribution >= 0.6 is 0 Å². The van der Waals surface area contributed by atoms with Crippen LogP contribution in [0.5, 0.6) is 0 Å². The summed E-state index contributed by atoms with van der Waals surface area (Å²) in [4.78, 5) is 26.4. The molecule has 2 rings (SSSR count). The highest BCUT2D eigenvalue weighted by molar-refractivity contribution is 5.77. The van der Waals surface area contributed by atoms with Gasteiger partial charge in [-0.05, 0) is 33.7 Å². The minimum absolute atomic E-state index is 0.244. The molecule has 0 spiro atoms. The second-order valence-corrected chi connectivity index (χ2v) is 7.47. The molecule has 2 heterocycles. The Morgan fingerprint density at radius 1 is 1.35 bits per heavy atom. The zero-order valence-corrected chi connectivity index (χ0v) is 13.8. The molecule has 0 aliphatic carbocycles. The topological polar surface area (TPSA) is 75.9 Å². The fourth-order valence-electron chi connectivity index (χ4n) is 3.12. The molecule has 8 heteroatoms. The number of ether oxygens (including phenoxy) is 1. The molecular weight excluding hydrogens is 308 g/mol. The average Bonchev–Trinajstić information content (AvgIpc) is 2.92. The molecule has 2 fully saturated rings. The van der Waals surface area contributed by atoms with Gasteiger partial charge in [0.25, 0.3) is 5.92 Å². The van der Waals surface area contributed by atoms with E-state index in [9.17, 15) is 18.4 Å². The Morgan fingerprint density at radius 2 is 2.00 bits per heavy atom. The van der Waals surface area contributed by atoms with Crippen LogP contribution in [-0.2, 0) is 9.53 Å². The third-order valence-electron chi connectivity index (χ3n) is 4.15. The number of nitrogens with two attached hydrogens (primary N) is 1. The molecule has 0 radical (unpaired) electrons. The lowest BCUT2D eigenvalue weighted by atomic mass is 10.1. The Morgan fingerprint density at radius 3 is 2.52 bits per heavy atom. The quantitative estimate of drug-likeness (QED) is 0.848. The van der Waals surface area contributed by atoms with Crippen molar-refractivity contribution < 1.29 is 23.1 Å². The molecule has 0 aromatic rings. The summed E-state index contributed by atoms with van der Waals surface area (Å²) < 4.78 is 32.8. The molecule has 0 bridgehead atoms. The lowest BCUT2D eigenvalue weighted by Crippen LogP contribution is -2.45. The zero-order chi connectivity index (χ0) is 17.4. The number of primary amides is 1. The van der Waals surface area contributed by atoms with E-state index in [1.165, 1.54) is 0 Å². The smallest absolute Gasteiger partial charge is 0.410 e. The van der Waals surface area contributed by atoms with E-state index in [1.807, 2.05) is 4.90 Å². The van der Waals surface area contributed by atoms with Crippen molar-refractivity contribution in [3.8, 4) is 0 Å². The maximum absolute atomic E-state index is 13.8. The summed E-state index contributed by atoms with van der Waals surface area (Å²) in [6.07, 6.45) is -0.472. The molecule has 2 N–H and O–H groups in total. The lowest BCUT2D eigenvalue weighted by Gasteiger charge is -2.30. The summed E-state index contributed by atoms with van der Waals surface area (Å²) >= 11 is 0. The van der Waals surface area contributed by atoms with E-state index in [2.05, 4.69) is 0 Å². The van der Waals surface area contributed by atoms with Crippen LogP contribution in [0, 0.1) is 5.92 Å². The number of amides is 2. The number of hydrogen-bond acceptors (Lipinski definition) is 4. The molecule has 2 amide bonds. The van der Waals surface area contributed by atoms with Crippen molar-refractivity contribution in [3.63, 3.8) is 0 Å². The standard InChI is InChI=1S/C15H25F2N3O3/c1-14(2,3)23-13(22)20-9-15(16,17)6-11(20)8-19-5-4-10(7-19)12(18)21/h10-11H,4-9H2,1-3H3,(H2,18,21). The maximum Gasteiger partial charge on any atom is 0.410 e. The Labute approximate surface area is 134 Å². The van der Waals surface area contributed by atoms with Crippen molar-refractivity contribution in [1.29, 1.82) is 0 Å². The Hall–Kier alpha value is -1.44. The molecule has 2 aliphatic rings. The molecule has 2 saturated heterocycles. The minimum Gasteiger partial charge on any atom is -0.444 e. The van der Waals surface area contributed by atoms with Gasteiger partial charge in [-0.3, -0.25) is 9.69 Å². The minimum atomic E-state index is -2.91. The van der Waals surface area contributed by atoms with Gasteiger partial charge in [0.1, 0.15) is 5.60 Å². The third-order valence-corrected chi connectivity index (χ3v) is 4.15. The maximum atomic E-state index is 13.8. The van der Waals surface area contributed by atoms with Gasteiger partial charge in [0.2, 0.25) is 5.91 Å². The highest BCUT2D eigenvalue weighted by Crippen LogP contribution is 2.34.